The molecular formula is C18H22N4O3. The molecule has 25 heavy (non-hydrogen) atoms. The molecule has 0 atom stereocenters. The van der Waals surface area contributed by atoms with Crippen LogP contribution >= 0.6 is 0 Å². The third-order valence-electron chi connectivity index (χ3n) is 4.31. The first-order valence-electron chi connectivity index (χ1n) is 8.29. The number of benzene rings is 1. The average molecular weight is 342 g/mol. The van der Waals surface area contributed by atoms with E-state index in [4.69, 9.17) is 9.47 Å². The fraction of sp³-hybridized carbons (Fsp3) is 0.389. The van der Waals surface area contributed by atoms with Crippen molar-refractivity contribution in [1.82, 2.24) is 10.2 Å². The van der Waals surface area contributed by atoms with Gasteiger partial charge in [-0.1, -0.05) is 12.5 Å². The van der Waals surface area contributed by atoms with Crippen LogP contribution in [-0.4, -0.2) is 30.3 Å². The predicted octanol–water partition coefficient (Wildman–Crippen LogP) is 2.84. The van der Waals surface area contributed by atoms with Crippen molar-refractivity contribution >= 4 is 17.5 Å². The number of amides is 1. The molecule has 1 heterocycles. The van der Waals surface area contributed by atoms with Crippen molar-refractivity contribution in [2.45, 2.75) is 25.8 Å². The van der Waals surface area contributed by atoms with Crippen LogP contribution in [0.2, 0.25) is 0 Å². The Balaban J connectivity index is 1.55. The van der Waals surface area contributed by atoms with Crippen molar-refractivity contribution in [3.05, 3.63) is 35.9 Å². The molecule has 0 bridgehead atoms. The SMILES string of the molecule is COc1ccc(CNc2ccc(NC(=O)C3CCC3)nn2)cc1OC. The zero-order valence-electron chi connectivity index (χ0n) is 14.4. The first-order chi connectivity index (χ1) is 12.2. The third-order valence-corrected chi connectivity index (χ3v) is 4.31. The standard InChI is InChI=1S/C18H22N4O3/c1-24-14-7-6-12(10-15(14)25-2)11-19-16-8-9-17(22-21-16)20-18(23)13-4-3-5-13/h6-10,13H,3-5,11H2,1-2H3,(H,19,21)(H,20,22,23). The van der Waals surface area contributed by atoms with Crippen LogP contribution in [0, 0.1) is 5.92 Å². The van der Waals surface area contributed by atoms with E-state index >= 15 is 0 Å². The number of hydrogen-bond donors (Lipinski definition) is 2. The predicted molar refractivity (Wildman–Crippen MR) is 94.9 cm³/mol. The zero-order valence-corrected chi connectivity index (χ0v) is 14.4. The van der Waals surface area contributed by atoms with Crippen LogP contribution < -0.4 is 20.1 Å². The summed E-state index contributed by atoms with van der Waals surface area (Å²) in [7, 11) is 3.22. The number of anilines is 2. The van der Waals surface area contributed by atoms with Gasteiger partial charge in [0.25, 0.3) is 0 Å². The molecule has 0 radical (unpaired) electrons. The van der Waals surface area contributed by atoms with E-state index in [1.54, 1.807) is 26.4 Å². The van der Waals surface area contributed by atoms with E-state index in [1.165, 1.54) is 0 Å². The van der Waals surface area contributed by atoms with Gasteiger partial charge in [-0.05, 0) is 42.7 Å². The second kappa shape index (κ2) is 7.83. The van der Waals surface area contributed by atoms with Crippen molar-refractivity contribution in [3.63, 3.8) is 0 Å². The van der Waals surface area contributed by atoms with Crippen LogP contribution in [0.1, 0.15) is 24.8 Å². The minimum absolute atomic E-state index is 0.0339. The quantitative estimate of drug-likeness (QED) is 0.805. The molecule has 1 aliphatic rings. The summed E-state index contributed by atoms with van der Waals surface area (Å²) in [6.07, 6.45) is 3.05. The van der Waals surface area contributed by atoms with Gasteiger partial charge >= 0.3 is 0 Å². The van der Waals surface area contributed by atoms with Gasteiger partial charge in [-0.15, -0.1) is 10.2 Å². The van der Waals surface area contributed by atoms with Crippen LogP contribution in [0.5, 0.6) is 11.5 Å². The summed E-state index contributed by atoms with van der Waals surface area (Å²) in [4.78, 5) is 11.9. The maximum absolute atomic E-state index is 11.9. The van der Waals surface area contributed by atoms with E-state index in [-0.39, 0.29) is 11.8 Å². The van der Waals surface area contributed by atoms with Crippen molar-refractivity contribution in [2.75, 3.05) is 24.9 Å². The molecule has 0 aliphatic heterocycles. The van der Waals surface area contributed by atoms with Gasteiger partial charge in [0, 0.05) is 12.5 Å². The Hall–Kier alpha value is -2.83. The number of hydrogen-bond acceptors (Lipinski definition) is 6. The molecule has 1 aromatic carbocycles. The highest BCUT2D eigenvalue weighted by Crippen LogP contribution is 2.28. The molecule has 1 aromatic heterocycles. The summed E-state index contributed by atoms with van der Waals surface area (Å²) >= 11 is 0. The summed E-state index contributed by atoms with van der Waals surface area (Å²) in [5, 5.41) is 14.1. The Morgan fingerprint density at radius 1 is 1.08 bits per heavy atom. The number of nitrogens with one attached hydrogen (secondary N) is 2. The summed E-state index contributed by atoms with van der Waals surface area (Å²) < 4.78 is 10.5. The van der Waals surface area contributed by atoms with Crippen molar-refractivity contribution < 1.29 is 14.3 Å². The van der Waals surface area contributed by atoms with E-state index in [1.807, 2.05) is 18.2 Å². The zero-order chi connectivity index (χ0) is 17.6. The number of rotatable bonds is 7. The van der Waals surface area contributed by atoms with Crippen LogP contribution in [0.4, 0.5) is 11.6 Å². The van der Waals surface area contributed by atoms with Gasteiger partial charge in [-0.3, -0.25) is 4.79 Å². The van der Waals surface area contributed by atoms with E-state index in [0.29, 0.717) is 29.7 Å². The first kappa shape index (κ1) is 17.0. The number of aromatic nitrogens is 2. The number of methoxy groups -OCH3 is 2. The van der Waals surface area contributed by atoms with Gasteiger partial charge in [-0.2, -0.15) is 0 Å². The Labute approximate surface area is 146 Å². The maximum atomic E-state index is 11.9. The summed E-state index contributed by atoms with van der Waals surface area (Å²) in [6.45, 7) is 0.572. The molecule has 1 fully saturated rings. The van der Waals surface area contributed by atoms with Crippen LogP contribution in [0.25, 0.3) is 0 Å². The first-order valence-corrected chi connectivity index (χ1v) is 8.29. The number of carbonyl (C=O) groups excluding carboxylic acids is 1. The number of nitrogens with zero attached hydrogens (tertiary/aromatic N) is 2. The monoisotopic (exact) mass is 342 g/mol. The molecule has 7 nitrogen and oxygen atoms in total. The maximum Gasteiger partial charge on any atom is 0.228 e. The van der Waals surface area contributed by atoms with E-state index in [9.17, 15) is 4.79 Å². The topological polar surface area (TPSA) is 85.4 Å². The van der Waals surface area contributed by atoms with E-state index < -0.39 is 0 Å². The molecule has 2 aromatic rings. The van der Waals surface area contributed by atoms with Crippen molar-refractivity contribution in [2.24, 2.45) is 5.92 Å². The average Bonchev–Trinajstić information content (AvgIpc) is 2.59. The molecule has 2 N–H and O–H groups in total. The lowest BCUT2D eigenvalue weighted by Crippen LogP contribution is -2.28. The molecule has 0 spiro atoms. The highest BCUT2D eigenvalue weighted by atomic mass is 16.5. The third kappa shape index (κ3) is 4.17. The fourth-order valence-electron chi connectivity index (χ4n) is 2.58. The van der Waals surface area contributed by atoms with Crippen LogP contribution in [0.3, 0.4) is 0 Å². The summed E-state index contributed by atoms with van der Waals surface area (Å²) in [6, 6.07) is 9.27. The molecule has 7 heteroatoms. The molecule has 3 rings (SSSR count). The lowest BCUT2D eigenvalue weighted by Gasteiger charge is -2.23. The minimum Gasteiger partial charge on any atom is -0.493 e. The van der Waals surface area contributed by atoms with Crippen LogP contribution in [-0.2, 0) is 11.3 Å². The van der Waals surface area contributed by atoms with Gasteiger partial charge in [0.2, 0.25) is 5.91 Å². The molecule has 132 valence electrons. The minimum atomic E-state index is 0.0339. The Bertz CT molecular complexity index is 730. The van der Waals surface area contributed by atoms with Gasteiger partial charge in [0.05, 0.1) is 14.2 Å². The van der Waals surface area contributed by atoms with Crippen molar-refractivity contribution in [1.29, 1.82) is 0 Å². The molecular weight excluding hydrogens is 320 g/mol. The lowest BCUT2D eigenvalue weighted by atomic mass is 9.85. The highest BCUT2D eigenvalue weighted by molar-refractivity contribution is 5.92. The normalized spacial score (nSPS) is 13.7. The molecule has 1 aliphatic carbocycles. The second-order valence-corrected chi connectivity index (χ2v) is 5.96. The van der Waals surface area contributed by atoms with E-state index in [0.717, 1.165) is 24.8 Å². The van der Waals surface area contributed by atoms with E-state index in [2.05, 4.69) is 20.8 Å². The highest BCUT2D eigenvalue weighted by Gasteiger charge is 2.25. The van der Waals surface area contributed by atoms with Gasteiger partial charge < -0.3 is 20.1 Å². The largest absolute Gasteiger partial charge is 0.493 e. The van der Waals surface area contributed by atoms with Gasteiger partial charge in [-0.25, -0.2) is 0 Å². The summed E-state index contributed by atoms with van der Waals surface area (Å²) in [5.41, 5.74) is 1.03. The van der Waals surface area contributed by atoms with Gasteiger partial charge in [0.1, 0.15) is 5.82 Å². The van der Waals surface area contributed by atoms with Crippen molar-refractivity contribution in [3.8, 4) is 11.5 Å². The Morgan fingerprint density at radius 3 is 2.40 bits per heavy atom. The molecule has 1 amide bonds. The Morgan fingerprint density at radius 2 is 1.80 bits per heavy atom. The summed E-state index contributed by atoms with van der Waals surface area (Å²) in [5.74, 6) is 2.65. The second-order valence-electron chi connectivity index (χ2n) is 5.96. The number of ether oxygens (including phenoxy) is 2. The van der Waals surface area contributed by atoms with Gasteiger partial charge in [0.15, 0.2) is 17.3 Å². The lowest BCUT2D eigenvalue weighted by molar-refractivity contribution is -0.122. The smallest absolute Gasteiger partial charge is 0.228 e. The van der Waals surface area contributed by atoms with Crippen LogP contribution in [0.15, 0.2) is 30.3 Å². The molecule has 0 saturated heterocycles. The Kier molecular flexibility index (Phi) is 5.33. The molecule has 0 unspecified atom stereocenters. The number of carbonyl (C=O) groups is 1. The molecule has 1 saturated carbocycles. The fourth-order valence-corrected chi connectivity index (χ4v) is 2.58.